The predicted molar refractivity (Wildman–Crippen MR) is 174 cm³/mol. The number of nitrogens with one attached hydrogen (secondary N) is 1. The van der Waals surface area contributed by atoms with E-state index in [1.54, 1.807) is 7.11 Å². The maximum absolute atomic E-state index is 14.8. The number of amides is 1. The Bertz CT molecular complexity index is 1280. The van der Waals surface area contributed by atoms with Gasteiger partial charge >= 0.3 is 5.97 Å². The molecule has 6 atom stereocenters. The summed E-state index contributed by atoms with van der Waals surface area (Å²) < 4.78 is 17.7. The van der Waals surface area contributed by atoms with Crippen LogP contribution in [-0.2, 0) is 31.0 Å². The zero-order chi connectivity index (χ0) is 32.4. The summed E-state index contributed by atoms with van der Waals surface area (Å²) in [6, 6.07) is 15.0. The fraction of sp³-hybridized carbons (Fsp3) is 0.622. The SMILES string of the molecule is CCOC(=O)[C@@H]1[C@@H](C(C)(C)C)[C@H](NCc2cc(C(C)(C)C)ccc2OC)[C@H](c2ccccc2)N1C(=O)[C@H]1OCC[C@H]1C(C)C. The molecule has 2 saturated heterocycles. The summed E-state index contributed by atoms with van der Waals surface area (Å²) in [5.74, 6) is 0.440. The van der Waals surface area contributed by atoms with Gasteiger partial charge in [0.05, 0.1) is 19.8 Å². The number of esters is 1. The van der Waals surface area contributed by atoms with Crippen molar-refractivity contribution in [3.05, 3.63) is 65.2 Å². The number of carbonyl (C=O) groups excluding carboxylic acids is 2. The number of carbonyl (C=O) groups is 2. The van der Waals surface area contributed by atoms with E-state index in [1.807, 2.05) is 36.1 Å². The molecule has 2 fully saturated rings. The summed E-state index contributed by atoms with van der Waals surface area (Å²) in [4.78, 5) is 30.6. The molecule has 2 aromatic rings. The van der Waals surface area contributed by atoms with Crippen LogP contribution < -0.4 is 10.1 Å². The van der Waals surface area contributed by atoms with Crippen LogP contribution in [0.15, 0.2) is 48.5 Å². The van der Waals surface area contributed by atoms with E-state index in [9.17, 15) is 9.59 Å². The van der Waals surface area contributed by atoms with Crippen LogP contribution in [-0.4, -0.2) is 55.3 Å². The van der Waals surface area contributed by atoms with Crippen molar-refractivity contribution < 1.29 is 23.8 Å². The fourth-order valence-corrected chi connectivity index (χ4v) is 7.24. The Hall–Kier alpha value is -2.90. The van der Waals surface area contributed by atoms with Crippen LogP contribution in [0.4, 0.5) is 0 Å². The van der Waals surface area contributed by atoms with Crippen molar-refractivity contribution in [1.82, 2.24) is 10.2 Å². The third-order valence-electron chi connectivity index (χ3n) is 9.50. The molecule has 0 unspecified atom stereocenters. The van der Waals surface area contributed by atoms with Gasteiger partial charge in [-0.1, -0.05) is 97.9 Å². The molecule has 2 aromatic carbocycles. The van der Waals surface area contributed by atoms with Crippen molar-refractivity contribution in [1.29, 1.82) is 0 Å². The number of hydrogen-bond donors (Lipinski definition) is 1. The maximum atomic E-state index is 14.8. The standard InChI is InChI=1S/C37H54N2O5/c1-11-43-35(41)32-29(37(7,8)9)30(38-22-25-21-26(36(4,5)6)17-18-28(25)42-10)31(24-15-13-12-14-16-24)39(32)34(40)33-27(23(2)3)19-20-44-33/h12-18,21,23,27,29-33,38H,11,19-20,22H2,1-10H3/t27-,29-,30-,31-,32-,33-/m0/s1. The highest BCUT2D eigenvalue weighted by Crippen LogP contribution is 2.49. The number of methoxy groups -OCH3 is 1. The zero-order valence-electron chi connectivity index (χ0n) is 28.5. The first-order valence-electron chi connectivity index (χ1n) is 16.3. The number of likely N-dealkylation sites (tertiary alicyclic amines) is 1. The van der Waals surface area contributed by atoms with E-state index < -0.39 is 18.2 Å². The average Bonchev–Trinajstić information content (AvgIpc) is 3.59. The van der Waals surface area contributed by atoms with Gasteiger partial charge in [-0.2, -0.15) is 0 Å². The molecular weight excluding hydrogens is 552 g/mol. The van der Waals surface area contributed by atoms with Gasteiger partial charge in [0.15, 0.2) is 0 Å². The molecule has 2 heterocycles. The molecule has 242 valence electrons. The van der Waals surface area contributed by atoms with Crippen LogP contribution in [0.2, 0.25) is 0 Å². The highest BCUT2D eigenvalue weighted by atomic mass is 16.5. The lowest BCUT2D eigenvalue weighted by Crippen LogP contribution is -2.52. The van der Waals surface area contributed by atoms with Crippen LogP contribution in [0.5, 0.6) is 5.75 Å². The molecule has 1 N–H and O–H groups in total. The second-order valence-electron chi connectivity index (χ2n) is 14.9. The van der Waals surface area contributed by atoms with E-state index in [4.69, 9.17) is 14.2 Å². The molecular formula is C37H54N2O5. The van der Waals surface area contributed by atoms with E-state index in [0.29, 0.717) is 13.2 Å². The van der Waals surface area contributed by atoms with Crippen molar-refractivity contribution in [3.63, 3.8) is 0 Å². The summed E-state index contributed by atoms with van der Waals surface area (Å²) in [5.41, 5.74) is 2.86. The highest BCUT2D eigenvalue weighted by molar-refractivity contribution is 5.89. The summed E-state index contributed by atoms with van der Waals surface area (Å²) >= 11 is 0. The molecule has 0 aromatic heterocycles. The van der Waals surface area contributed by atoms with Crippen LogP contribution in [0.3, 0.4) is 0 Å². The first kappa shape index (κ1) is 34.0. The molecule has 2 aliphatic heterocycles. The maximum Gasteiger partial charge on any atom is 0.329 e. The lowest BCUT2D eigenvalue weighted by Gasteiger charge is -2.36. The summed E-state index contributed by atoms with van der Waals surface area (Å²) in [6.07, 6.45) is 0.233. The van der Waals surface area contributed by atoms with Crippen molar-refractivity contribution in [2.45, 2.75) is 105 Å². The number of nitrogens with zero attached hydrogens (tertiary/aromatic N) is 1. The van der Waals surface area contributed by atoms with Gasteiger partial charge in [-0.3, -0.25) is 4.79 Å². The summed E-state index contributed by atoms with van der Waals surface area (Å²) in [6.45, 7) is 20.5. The number of benzene rings is 2. The molecule has 2 aliphatic rings. The fourth-order valence-electron chi connectivity index (χ4n) is 7.24. The molecule has 0 bridgehead atoms. The molecule has 7 nitrogen and oxygen atoms in total. The molecule has 44 heavy (non-hydrogen) atoms. The second kappa shape index (κ2) is 13.6. The minimum atomic E-state index is -0.773. The van der Waals surface area contributed by atoms with Gasteiger partial charge in [0.1, 0.15) is 17.9 Å². The van der Waals surface area contributed by atoms with Crippen molar-refractivity contribution in [3.8, 4) is 5.75 Å². The van der Waals surface area contributed by atoms with Gasteiger partial charge in [0, 0.05) is 30.7 Å². The van der Waals surface area contributed by atoms with E-state index in [-0.39, 0.29) is 53.1 Å². The Kier molecular flexibility index (Phi) is 10.5. The Morgan fingerprint density at radius 1 is 1.05 bits per heavy atom. The normalized spacial score (nSPS) is 25.8. The Balaban J connectivity index is 1.86. The monoisotopic (exact) mass is 606 g/mol. The van der Waals surface area contributed by atoms with Crippen molar-refractivity contribution in [2.24, 2.45) is 23.2 Å². The highest BCUT2D eigenvalue weighted by Gasteiger charge is 2.59. The third kappa shape index (κ3) is 6.99. The minimum Gasteiger partial charge on any atom is -0.496 e. The molecule has 0 aliphatic carbocycles. The third-order valence-corrected chi connectivity index (χ3v) is 9.50. The summed E-state index contributed by atoms with van der Waals surface area (Å²) in [5, 5.41) is 3.87. The molecule has 7 heteroatoms. The number of rotatable bonds is 9. The lowest BCUT2D eigenvalue weighted by molar-refractivity contribution is -0.161. The first-order valence-corrected chi connectivity index (χ1v) is 16.3. The molecule has 0 spiro atoms. The second-order valence-corrected chi connectivity index (χ2v) is 14.9. The van der Waals surface area contributed by atoms with Crippen LogP contribution in [0.25, 0.3) is 0 Å². The van der Waals surface area contributed by atoms with Gasteiger partial charge in [0.25, 0.3) is 5.91 Å². The molecule has 0 saturated carbocycles. The Morgan fingerprint density at radius 2 is 1.73 bits per heavy atom. The number of ether oxygens (including phenoxy) is 3. The summed E-state index contributed by atoms with van der Waals surface area (Å²) in [7, 11) is 1.69. The van der Waals surface area contributed by atoms with E-state index in [2.05, 4.69) is 85.0 Å². The van der Waals surface area contributed by atoms with E-state index >= 15 is 0 Å². The van der Waals surface area contributed by atoms with Gasteiger partial charge in [0.2, 0.25) is 0 Å². The molecule has 0 radical (unpaired) electrons. The van der Waals surface area contributed by atoms with Gasteiger partial charge in [-0.05, 0) is 53.2 Å². The number of hydrogen-bond acceptors (Lipinski definition) is 6. The van der Waals surface area contributed by atoms with Crippen LogP contribution in [0.1, 0.15) is 91.5 Å². The Morgan fingerprint density at radius 3 is 2.30 bits per heavy atom. The average molecular weight is 607 g/mol. The van der Waals surface area contributed by atoms with E-state index in [0.717, 1.165) is 23.3 Å². The quantitative estimate of drug-likeness (QED) is 0.321. The van der Waals surface area contributed by atoms with Crippen molar-refractivity contribution >= 4 is 11.9 Å². The van der Waals surface area contributed by atoms with E-state index in [1.165, 1.54) is 5.56 Å². The molecule has 4 rings (SSSR count). The van der Waals surface area contributed by atoms with Gasteiger partial charge in [-0.25, -0.2) is 4.79 Å². The lowest BCUT2D eigenvalue weighted by atomic mass is 9.72. The topological polar surface area (TPSA) is 77.1 Å². The van der Waals surface area contributed by atoms with Crippen LogP contribution in [0, 0.1) is 23.2 Å². The first-order chi connectivity index (χ1) is 20.7. The zero-order valence-corrected chi connectivity index (χ0v) is 28.5. The predicted octanol–water partition coefficient (Wildman–Crippen LogP) is 6.69. The van der Waals surface area contributed by atoms with Crippen molar-refractivity contribution in [2.75, 3.05) is 20.3 Å². The Labute approximate surface area is 265 Å². The van der Waals surface area contributed by atoms with Gasteiger partial charge < -0.3 is 24.4 Å². The van der Waals surface area contributed by atoms with Crippen LogP contribution >= 0.6 is 0 Å². The largest absolute Gasteiger partial charge is 0.496 e. The van der Waals surface area contributed by atoms with Gasteiger partial charge in [-0.15, -0.1) is 0 Å². The molecule has 1 amide bonds. The minimum absolute atomic E-state index is 0.0264. The smallest absolute Gasteiger partial charge is 0.329 e.